The second-order valence-corrected chi connectivity index (χ2v) is 5.73. The van der Waals surface area contributed by atoms with Gasteiger partial charge in [-0.3, -0.25) is 14.2 Å². The van der Waals surface area contributed by atoms with Crippen LogP contribution in [0.15, 0.2) is 37.1 Å². The van der Waals surface area contributed by atoms with Crippen molar-refractivity contribution in [2.45, 2.75) is 31.7 Å². The van der Waals surface area contributed by atoms with Crippen LogP contribution >= 0.6 is 0 Å². The molecule has 1 aliphatic carbocycles. The number of pyridine rings is 1. The molecule has 0 spiro atoms. The van der Waals surface area contributed by atoms with E-state index in [9.17, 15) is 9.59 Å². The number of imidazole rings is 1. The van der Waals surface area contributed by atoms with Crippen LogP contribution in [-0.2, 0) is 4.79 Å². The average Bonchev–Trinajstić information content (AvgIpc) is 3.10. The molecule has 0 aliphatic heterocycles. The Hall–Kier alpha value is -2.70. The third-order valence-electron chi connectivity index (χ3n) is 4.19. The molecule has 7 heteroatoms. The summed E-state index contributed by atoms with van der Waals surface area (Å²) in [5, 5.41) is 12.0. The Kier molecular flexibility index (Phi) is 4.36. The maximum absolute atomic E-state index is 12.4. The molecular weight excluding hydrogens is 296 g/mol. The molecule has 1 saturated carbocycles. The van der Waals surface area contributed by atoms with Crippen LogP contribution in [-0.4, -0.2) is 37.6 Å². The van der Waals surface area contributed by atoms with Crippen molar-refractivity contribution in [1.29, 1.82) is 0 Å². The number of carbonyl (C=O) groups is 2. The van der Waals surface area contributed by atoms with Crippen molar-refractivity contribution in [2.24, 2.45) is 5.92 Å². The lowest BCUT2D eigenvalue weighted by molar-refractivity contribution is -0.142. The minimum absolute atomic E-state index is 0.0305. The van der Waals surface area contributed by atoms with Gasteiger partial charge in [-0.25, -0.2) is 9.97 Å². The van der Waals surface area contributed by atoms with Gasteiger partial charge in [0.2, 0.25) is 0 Å². The maximum Gasteiger partial charge on any atom is 0.306 e. The molecule has 0 bridgehead atoms. The van der Waals surface area contributed by atoms with E-state index in [4.69, 9.17) is 5.11 Å². The Labute approximate surface area is 133 Å². The summed E-state index contributed by atoms with van der Waals surface area (Å²) in [5.41, 5.74) is 0.532. The van der Waals surface area contributed by atoms with Crippen LogP contribution in [0.4, 0.5) is 0 Å². The van der Waals surface area contributed by atoms with Crippen LogP contribution < -0.4 is 5.32 Å². The van der Waals surface area contributed by atoms with E-state index in [-0.39, 0.29) is 17.9 Å². The topological polar surface area (TPSA) is 97.1 Å². The number of rotatable bonds is 4. The van der Waals surface area contributed by atoms with E-state index in [0.29, 0.717) is 37.1 Å². The van der Waals surface area contributed by atoms with Gasteiger partial charge in [0, 0.05) is 30.2 Å². The molecule has 0 atom stereocenters. The molecule has 2 heterocycles. The number of amides is 1. The summed E-state index contributed by atoms with van der Waals surface area (Å²) in [6.45, 7) is 0. The van der Waals surface area contributed by atoms with Crippen LogP contribution in [0.1, 0.15) is 36.0 Å². The normalized spacial score (nSPS) is 20.9. The first kappa shape index (κ1) is 15.2. The molecule has 1 aliphatic rings. The molecule has 1 fully saturated rings. The fourth-order valence-electron chi connectivity index (χ4n) is 2.85. The van der Waals surface area contributed by atoms with E-state index >= 15 is 0 Å². The van der Waals surface area contributed by atoms with E-state index in [1.807, 2.05) is 0 Å². The Balaban J connectivity index is 1.63. The summed E-state index contributed by atoms with van der Waals surface area (Å²) in [7, 11) is 0. The zero-order valence-electron chi connectivity index (χ0n) is 12.6. The molecule has 2 N–H and O–H groups in total. The standard InChI is InChI=1S/C16H18N4O3/c21-15(19-13-3-1-11(2-4-13)16(22)23)12-5-6-18-14(9-12)20-8-7-17-10-20/h5-11,13H,1-4H2,(H,19,21)(H,22,23). The number of carboxylic acid groups (broad SMARTS) is 1. The molecule has 0 aromatic carbocycles. The molecule has 3 rings (SSSR count). The first-order valence-electron chi connectivity index (χ1n) is 7.61. The van der Waals surface area contributed by atoms with Gasteiger partial charge >= 0.3 is 5.97 Å². The van der Waals surface area contributed by atoms with Crippen molar-refractivity contribution in [3.63, 3.8) is 0 Å². The summed E-state index contributed by atoms with van der Waals surface area (Å²) in [5.74, 6) is -0.553. The number of carbonyl (C=O) groups excluding carboxylic acids is 1. The monoisotopic (exact) mass is 314 g/mol. The fourth-order valence-corrected chi connectivity index (χ4v) is 2.85. The first-order chi connectivity index (χ1) is 11.1. The molecule has 23 heavy (non-hydrogen) atoms. The number of aromatic nitrogens is 3. The highest BCUT2D eigenvalue weighted by Gasteiger charge is 2.26. The number of aliphatic carboxylic acids is 1. The highest BCUT2D eigenvalue weighted by molar-refractivity contribution is 5.94. The van der Waals surface area contributed by atoms with Gasteiger partial charge in [-0.1, -0.05) is 0 Å². The van der Waals surface area contributed by atoms with E-state index in [1.54, 1.807) is 41.6 Å². The largest absolute Gasteiger partial charge is 0.481 e. The molecule has 0 unspecified atom stereocenters. The van der Waals surface area contributed by atoms with Crippen molar-refractivity contribution in [2.75, 3.05) is 0 Å². The van der Waals surface area contributed by atoms with Crippen molar-refractivity contribution in [3.8, 4) is 5.82 Å². The molecule has 7 nitrogen and oxygen atoms in total. The highest BCUT2D eigenvalue weighted by Crippen LogP contribution is 2.24. The van der Waals surface area contributed by atoms with Gasteiger partial charge in [-0.2, -0.15) is 0 Å². The van der Waals surface area contributed by atoms with Gasteiger partial charge in [0.15, 0.2) is 0 Å². The second kappa shape index (κ2) is 6.60. The lowest BCUT2D eigenvalue weighted by atomic mass is 9.86. The van der Waals surface area contributed by atoms with Crippen LogP contribution in [0.25, 0.3) is 5.82 Å². The Morgan fingerprint density at radius 1 is 1.22 bits per heavy atom. The van der Waals surface area contributed by atoms with Crippen LogP contribution in [0.5, 0.6) is 0 Å². The number of nitrogens with zero attached hydrogens (tertiary/aromatic N) is 3. The van der Waals surface area contributed by atoms with Crippen molar-refractivity contribution < 1.29 is 14.7 Å². The molecule has 2 aromatic rings. The SMILES string of the molecule is O=C(NC1CCC(C(=O)O)CC1)c1ccnc(-n2ccnc2)c1. The average molecular weight is 314 g/mol. The molecule has 0 saturated heterocycles. The third-order valence-corrected chi connectivity index (χ3v) is 4.19. The predicted molar refractivity (Wildman–Crippen MR) is 82.2 cm³/mol. The summed E-state index contributed by atoms with van der Waals surface area (Å²) in [6, 6.07) is 3.40. The second-order valence-electron chi connectivity index (χ2n) is 5.73. The Morgan fingerprint density at radius 3 is 2.65 bits per heavy atom. The number of carboxylic acids is 1. The summed E-state index contributed by atoms with van der Waals surface area (Å²) >= 11 is 0. The molecule has 0 radical (unpaired) electrons. The lowest BCUT2D eigenvalue weighted by Crippen LogP contribution is -2.38. The van der Waals surface area contributed by atoms with Gasteiger partial charge in [0.05, 0.1) is 5.92 Å². The maximum atomic E-state index is 12.4. The van der Waals surface area contributed by atoms with E-state index in [0.717, 1.165) is 0 Å². The highest BCUT2D eigenvalue weighted by atomic mass is 16.4. The van der Waals surface area contributed by atoms with Crippen LogP contribution in [0.2, 0.25) is 0 Å². The lowest BCUT2D eigenvalue weighted by Gasteiger charge is -2.26. The minimum Gasteiger partial charge on any atom is -0.481 e. The molecule has 2 aromatic heterocycles. The van der Waals surface area contributed by atoms with E-state index in [2.05, 4.69) is 15.3 Å². The van der Waals surface area contributed by atoms with Crippen LogP contribution in [0, 0.1) is 5.92 Å². The van der Waals surface area contributed by atoms with Gasteiger partial charge < -0.3 is 10.4 Å². The Morgan fingerprint density at radius 2 is 2.00 bits per heavy atom. The minimum atomic E-state index is -0.742. The fraction of sp³-hybridized carbons (Fsp3) is 0.375. The third kappa shape index (κ3) is 3.56. The summed E-state index contributed by atoms with van der Waals surface area (Å²) < 4.78 is 1.73. The number of hydrogen-bond donors (Lipinski definition) is 2. The number of hydrogen-bond acceptors (Lipinski definition) is 4. The number of nitrogens with one attached hydrogen (secondary N) is 1. The van der Waals surface area contributed by atoms with Gasteiger partial charge in [0.25, 0.3) is 5.91 Å². The molecule has 120 valence electrons. The summed E-state index contributed by atoms with van der Waals surface area (Å²) in [4.78, 5) is 31.5. The quantitative estimate of drug-likeness (QED) is 0.894. The first-order valence-corrected chi connectivity index (χ1v) is 7.61. The zero-order valence-corrected chi connectivity index (χ0v) is 12.6. The molecule has 1 amide bonds. The zero-order chi connectivity index (χ0) is 16.2. The Bertz CT molecular complexity index is 691. The van der Waals surface area contributed by atoms with Crippen molar-refractivity contribution in [3.05, 3.63) is 42.6 Å². The van der Waals surface area contributed by atoms with Gasteiger partial charge in [-0.05, 0) is 37.8 Å². The van der Waals surface area contributed by atoms with Crippen molar-refractivity contribution in [1.82, 2.24) is 19.9 Å². The van der Waals surface area contributed by atoms with Crippen molar-refractivity contribution >= 4 is 11.9 Å². The van der Waals surface area contributed by atoms with E-state index < -0.39 is 5.97 Å². The molecular formula is C16H18N4O3. The predicted octanol–water partition coefficient (Wildman–Crippen LogP) is 1.64. The van der Waals surface area contributed by atoms with Gasteiger partial charge in [0.1, 0.15) is 12.1 Å². The smallest absolute Gasteiger partial charge is 0.306 e. The van der Waals surface area contributed by atoms with Gasteiger partial charge in [-0.15, -0.1) is 0 Å². The van der Waals surface area contributed by atoms with E-state index in [1.165, 1.54) is 0 Å². The summed E-state index contributed by atoms with van der Waals surface area (Å²) in [6.07, 6.45) is 9.23. The van der Waals surface area contributed by atoms with Crippen LogP contribution in [0.3, 0.4) is 0 Å².